The molecule has 0 aliphatic heterocycles. The van der Waals surface area contributed by atoms with Gasteiger partial charge in [-0.15, -0.1) is 0 Å². The molecule has 2 rings (SSSR count). The standard InChI is InChI=1S/C18H34N2O/c1-3-13-19-16-9-11-17(12-10-16)20(2)18(21)14-15-7-5-4-6-8-15/h15-17,19H,3-14H2,1-2H3. The normalized spacial score (nSPS) is 27.5. The van der Waals surface area contributed by atoms with Crippen molar-refractivity contribution in [3.63, 3.8) is 0 Å². The van der Waals surface area contributed by atoms with Gasteiger partial charge in [-0.25, -0.2) is 0 Å². The zero-order chi connectivity index (χ0) is 15.1. The minimum atomic E-state index is 0.395. The Kier molecular flexibility index (Phi) is 7.01. The fourth-order valence-electron chi connectivity index (χ4n) is 4.00. The first-order valence-electron chi connectivity index (χ1n) is 9.19. The zero-order valence-electron chi connectivity index (χ0n) is 14.1. The number of carbonyl (C=O) groups is 1. The number of hydrogen-bond donors (Lipinski definition) is 1. The lowest BCUT2D eigenvalue weighted by Gasteiger charge is -2.36. The summed E-state index contributed by atoms with van der Waals surface area (Å²) in [5, 5.41) is 3.62. The maximum atomic E-state index is 12.5. The summed E-state index contributed by atoms with van der Waals surface area (Å²) in [7, 11) is 2.04. The second-order valence-corrected chi connectivity index (χ2v) is 7.17. The highest BCUT2D eigenvalue weighted by atomic mass is 16.2. The van der Waals surface area contributed by atoms with E-state index in [2.05, 4.69) is 17.1 Å². The molecule has 21 heavy (non-hydrogen) atoms. The van der Waals surface area contributed by atoms with Crippen LogP contribution < -0.4 is 5.32 Å². The quantitative estimate of drug-likeness (QED) is 0.809. The highest BCUT2D eigenvalue weighted by molar-refractivity contribution is 5.76. The Hall–Kier alpha value is -0.570. The Balaban J connectivity index is 1.70. The zero-order valence-corrected chi connectivity index (χ0v) is 14.1. The molecule has 3 heteroatoms. The predicted molar refractivity (Wildman–Crippen MR) is 88.3 cm³/mol. The van der Waals surface area contributed by atoms with Gasteiger partial charge in [0.2, 0.25) is 5.91 Å². The summed E-state index contributed by atoms with van der Waals surface area (Å²) in [6, 6.07) is 1.17. The fourth-order valence-corrected chi connectivity index (χ4v) is 4.00. The van der Waals surface area contributed by atoms with Gasteiger partial charge < -0.3 is 10.2 Å². The first kappa shape index (κ1) is 16.8. The smallest absolute Gasteiger partial charge is 0.222 e. The number of hydrogen-bond acceptors (Lipinski definition) is 2. The highest BCUT2D eigenvalue weighted by Crippen LogP contribution is 2.28. The fraction of sp³-hybridized carbons (Fsp3) is 0.944. The van der Waals surface area contributed by atoms with E-state index in [0.717, 1.165) is 13.0 Å². The molecule has 0 saturated heterocycles. The molecule has 0 aromatic heterocycles. The molecule has 0 unspecified atom stereocenters. The van der Waals surface area contributed by atoms with E-state index in [1.807, 2.05) is 7.05 Å². The van der Waals surface area contributed by atoms with E-state index in [1.165, 1.54) is 64.2 Å². The molecule has 2 aliphatic rings. The SMILES string of the molecule is CCCNC1CCC(N(C)C(=O)CC2CCCCC2)CC1. The number of carbonyl (C=O) groups excluding carboxylic acids is 1. The van der Waals surface area contributed by atoms with Crippen molar-refractivity contribution in [2.45, 2.75) is 89.6 Å². The van der Waals surface area contributed by atoms with Gasteiger partial charge in [-0.05, 0) is 57.4 Å². The molecule has 0 bridgehead atoms. The van der Waals surface area contributed by atoms with Crippen LogP contribution in [0.3, 0.4) is 0 Å². The van der Waals surface area contributed by atoms with Crippen molar-refractivity contribution in [1.82, 2.24) is 10.2 Å². The molecule has 1 amide bonds. The van der Waals surface area contributed by atoms with Crippen LogP contribution in [-0.2, 0) is 4.79 Å². The van der Waals surface area contributed by atoms with Crippen LogP contribution in [0.2, 0.25) is 0 Å². The molecule has 3 nitrogen and oxygen atoms in total. The maximum Gasteiger partial charge on any atom is 0.222 e. The summed E-state index contributed by atoms with van der Waals surface area (Å²) in [6.45, 7) is 3.35. The molecule has 2 fully saturated rings. The number of rotatable bonds is 6. The van der Waals surface area contributed by atoms with Crippen LogP contribution in [0.15, 0.2) is 0 Å². The molecule has 2 aliphatic carbocycles. The van der Waals surface area contributed by atoms with Crippen LogP contribution in [0.1, 0.15) is 77.6 Å². The molecule has 1 N–H and O–H groups in total. The molecule has 0 spiro atoms. The summed E-state index contributed by atoms with van der Waals surface area (Å²) >= 11 is 0. The summed E-state index contributed by atoms with van der Waals surface area (Å²) < 4.78 is 0. The summed E-state index contributed by atoms with van der Waals surface area (Å²) in [6.07, 6.45) is 13.4. The number of nitrogens with zero attached hydrogens (tertiary/aromatic N) is 1. The topological polar surface area (TPSA) is 32.3 Å². The Morgan fingerprint density at radius 3 is 2.33 bits per heavy atom. The van der Waals surface area contributed by atoms with E-state index in [4.69, 9.17) is 0 Å². The van der Waals surface area contributed by atoms with Gasteiger partial charge in [0, 0.05) is 25.6 Å². The van der Waals surface area contributed by atoms with Gasteiger partial charge in [0.05, 0.1) is 0 Å². The first-order chi connectivity index (χ1) is 10.2. The summed E-state index contributed by atoms with van der Waals surface area (Å²) in [5.74, 6) is 1.06. The van der Waals surface area contributed by atoms with E-state index in [-0.39, 0.29) is 0 Å². The molecule has 0 heterocycles. The van der Waals surface area contributed by atoms with E-state index >= 15 is 0 Å². The van der Waals surface area contributed by atoms with Gasteiger partial charge >= 0.3 is 0 Å². The Labute approximate surface area is 130 Å². The molecule has 0 radical (unpaired) electrons. The second-order valence-electron chi connectivity index (χ2n) is 7.17. The third-order valence-corrected chi connectivity index (χ3v) is 5.51. The van der Waals surface area contributed by atoms with Gasteiger partial charge in [-0.3, -0.25) is 4.79 Å². The van der Waals surface area contributed by atoms with Crippen molar-refractivity contribution in [2.24, 2.45) is 5.92 Å². The van der Waals surface area contributed by atoms with Gasteiger partial charge in [-0.2, -0.15) is 0 Å². The first-order valence-corrected chi connectivity index (χ1v) is 9.19. The van der Waals surface area contributed by atoms with Crippen molar-refractivity contribution in [2.75, 3.05) is 13.6 Å². The van der Waals surface area contributed by atoms with Gasteiger partial charge in [0.15, 0.2) is 0 Å². The monoisotopic (exact) mass is 294 g/mol. The molecular formula is C18H34N2O. The van der Waals surface area contributed by atoms with Crippen LogP contribution in [0.4, 0.5) is 0 Å². The van der Waals surface area contributed by atoms with Crippen molar-refractivity contribution in [3.8, 4) is 0 Å². The van der Waals surface area contributed by atoms with Gasteiger partial charge in [0.1, 0.15) is 0 Å². The molecule has 0 aromatic rings. The van der Waals surface area contributed by atoms with E-state index in [9.17, 15) is 4.79 Å². The second kappa shape index (κ2) is 8.77. The Morgan fingerprint density at radius 2 is 1.71 bits per heavy atom. The van der Waals surface area contributed by atoms with E-state index in [0.29, 0.717) is 23.9 Å². The molecule has 0 aromatic carbocycles. The number of nitrogens with one attached hydrogen (secondary N) is 1. The maximum absolute atomic E-state index is 12.5. The lowest BCUT2D eigenvalue weighted by Crippen LogP contribution is -2.43. The van der Waals surface area contributed by atoms with Crippen LogP contribution in [0, 0.1) is 5.92 Å². The largest absolute Gasteiger partial charge is 0.343 e. The predicted octanol–water partition coefficient (Wildman–Crippen LogP) is 3.73. The average Bonchev–Trinajstić information content (AvgIpc) is 2.53. The average molecular weight is 294 g/mol. The van der Waals surface area contributed by atoms with Crippen LogP contribution >= 0.6 is 0 Å². The molecule has 2 saturated carbocycles. The van der Waals surface area contributed by atoms with Crippen molar-refractivity contribution < 1.29 is 4.79 Å². The van der Waals surface area contributed by atoms with Gasteiger partial charge in [0.25, 0.3) is 0 Å². The van der Waals surface area contributed by atoms with E-state index < -0.39 is 0 Å². The lowest BCUT2D eigenvalue weighted by molar-refractivity contribution is -0.133. The number of amides is 1. The third kappa shape index (κ3) is 5.28. The molecule has 0 atom stereocenters. The Bertz CT molecular complexity index is 304. The van der Waals surface area contributed by atoms with E-state index in [1.54, 1.807) is 0 Å². The highest BCUT2D eigenvalue weighted by Gasteiger charge is 2.27. The minimum absolute atomic E-state index is 0.395. The molecule has 122 valence electrons. The van der Waals surface area contributed by atoms with Crippen LogP contribution in [0.5, 0.6) is 0 Å². The van der Waals surface area contributed by atoms with Crippen molar-refractivity contribution >= 4 is 5.91 Å². The third-order valence-electron chi connectivity index (χ3n) is 5.51. The molecular weight excluding hydrogens is 260 g/mol. The van der Waals surface area contributed by atoms with Crippen molar-refractivity contribution in [1.29, 1.82) is 0 Å². The minimum Gasteiger partial charge on any atom is -0.343 e. The summed E-state index contributed by atoms with van der Waals surface area (Å²) in [4.78, 5) is 14.5. The lowest BCUT2D eigenvalue weighted by atomic mass is 9.86. The van der Waals surface area contributed by atoms with Crippen LogP contribution in [0.25, 0.3) is 0 Å². The van der Waals surface area contributed by atoms with Crippen LogP contribution in [-0.4, -0.2) is 36.5 Å². The Morgan fingerprint density at radius 1 is 1.05 bits per heavy atom. The van der Waals surface area contributed by atoms with Crippen molar-refractivity contribution in [3.05, 3.63) is 0 Å². The van der Waals surface area contributed by atoms with Gasteiger partial charge in [-0.1, -0.05) is 26.2 Å². The summed E-state index contributed by atoms with van der Waals surface area (Å²) in [5.41, 5.74) is 0.